The van der Waals surface area contributed by atoms with Crippen LogP contribution in [0, 0.1) is 12.7 Å². The Kier molecular flexibility index (Phi) is 3.41. The summed E-state index contributed by atoms with van der Waals surface area (Å²) < 4.78 is 24.5. The molecule has 3 nitrogen and oxygen atoms in total. The number of rotatable bonds is 2. The highest BCUT2D eigenvalue weighted by Gasteiger charge is 2.22. The van der Waals surface area contributed by atoms with Crippen LogP contribution in [0.25, 0.3) is 0 Å². The summed E-state index contributed by atoms with van der Waals surface area (Å²) in [6.07, 6.45) is -0.126. The van der Waals surface area contributed by atoms with Gasteiger partial charge in [-0.15, -0.1) is 0 Å². The molecule has 2 rings (SSSR count). The molecule has 0 aromatic heterocycles. The standard InChI is InChI=1S/C12H16FNO2/c1-8-3-4-9(12(15-2)11(8)13)10-7-14-5-6-16-10/h3-4,10,14H,5-7H2,1-2H3. The number of hydrogen-bond acceptors (Lipinski definition) is 3. The second-order valence-corrected chi connectivity index (χ2v) is 3.88. The predicted octanol–water partition coefficient (Wildman–Crippen LogP) is 1.80. The van der Waals surface area contributed by atoms with Crippen LogP contribution in [0.1, 0.15) is 17.2 Å². The van der Waals surface area contributed by atoms with Crippen LogP contribution in [0.15, 0.2) is 12.1 Å². The number of nitrogens with one attached hydrogen (secondary N) is 1. The van der Waals surface area contributed by atoms with Gasteiger partial charge in [-0.3, -0.25) is 0 Å². The number of ether oxygens (including phenoxy) is 2. The van der Waals surface area contributed by atoms with Gasteiger partial charge in [0.1, 0.15) is 0 Å². The van der Waals surface area contributed by atoms with Gasteiger partial charge in [0.15, 0.2) is 11.6 Å². The second kappa shape index (κ2) is 4.80. The Morgan fingerprint density at radius 1 is 1.50 bits per heavy atom. The van der Waals surface area contributed by atoms with E-state index >= 15 is 0 Å². The van der Waals surface area contributed by atoms with E-state index in [1.54, 1.807) is 13.0 Å². The van der Waals surface area contributed by atoms with Gasteiger partial charge in [-0.25, -0.2) is 4.39 Å². The summed E-state index contributed by atoms with van der Waals surface area (Å²) in [5.74, 6) is 0.00266. The van der Waals surface area contributed by atoms with E-state index in [0.717, 1.165) is 12.1 Å². The van der Waals surface area contributed by atoms with E-state index < -0.39 is 0 Å². The van der Waals surface area contributed by atoms with Gasteiger partial charge in [0.05, 0.1) is 19.8 Å². The molecular formula is C12H16FNO2. The summed E-state index contributed by atoms with van der Waals surface area (Å²) in [6, 6.07) is 3.63. The molecule has 1 atom stereocenters. The van der Waals surface area contributed by atoms with Crippen LogP contribution in [0.5, 0.6) is 5.75 Å². The third-order valence-electron chi connectivity index (χ3n) is 2.80. The molecular weight excluding hydrogens is 209 g/mol. The average molecular weight is 225 g/mol. The van der Waals surface area contributed by atoms with Crippen molar-refractivity contribution in [3.05, 3.63) is 29.1 Å². The fourth-order valence-electron chi connectivity index (χ4n) is 1.90. The van der Waals surface area contributed by atoms with Gasteiger partial charge in [0.2, 0.25) is 0 Å². The average Bonchev–Trinajstić information content (AvgIpc) is 2.33. The SMILES string of the molecule is COc1c(C2CNCCO2)ccc(C)c1F. The number of methoxy groups -OCH3 is 1. The summed E-state index contributed by atoms with van der Waals surface area (Å²) in [6.45, 7) is 3.90. The first-order chi connectivity index (χ1) is 7.74. The minimum absolute atomic E-state index is 0.126. The summed E-state index contributed by atoms with van der Waals surface area (Å²) in [7, 11) is 1.48. The van der Waals surface area contributed by atoms with Gasteiger partial charge in [-0.1, -0.05) is 12.1 Å². The number of aryl methyl sites for hydroxylation is 1. The van der Waals surface area contributed by atoms with E-state index in [2.05, 4.69) is 5.32 Å². The highest BCUT2D eigenvalue weighted by molar-refractivity contribution is 5.40. The minimum Gasteiger partial charge on any atom is -0.493 e. The zero-order chi connectivity index (χ0) is 11.5. The Hall–Kier alpha value is -1.13. The monoisotopic (exact) mass is 225 g/mol. The molecule has 1 heterocycles. The second-order valence-electron chi connectivity index (χ2n) is 3.88. The Morgan fingerprint density at radius 2 is 2.31 bits per heavy atom. The lowest BCUT2D eigenvalue weighted by Gasteiger charge is -2.25. The maximum Gasteiger partial charge on any atom is 0.168 e. The van der Waals surface area contributed by atoms with Crippen LogP contribution >= 0.6 is 0 Å². The molecule has 0 radical (unpaired) electrons. The van der Waals surface area contributed by atoms with Gasteiger partial charge >= 0.3 is 0 Å². The number of morpholine rings is 1. The molecule has 1 fully saturated rings. The van der Waals surface area contributed by atoms with Crippen LogP contribution in [-0.2, 0) is 4.74 Å². The Morgan fingerprint density at radius 3 is 2.94 bits per heavy atom. The largest absolute Gasteiger partial charge is 0.493 e. The Bertz CT molecular complexity index is 376. The quantitative estimate of drug-likeness (QED) is 0.832. The molecule has 1 aliphatic heterocycles. The third-order valence-corrected chi connectivity index (χ3v) is 2.80. The van der Waals surface area contributed by atoms with Crippen LogP contribution in [-0.4, -0.2) is 26.8 Å². The van der Waals surface area contributed by atoms with E-state index in [4.69, 9.17) is 9.47 Å². The molecule has 0 amide bonds. The third kappa shape index (κ3) is 2.03. The molecule has 1 aliphatic rings. The van der Waals surface area contributed by atoms with E-state index in [1.807, 2.05) is 6.07 Å². The Balaban J connectivity index is 2.35. The van der Waals surface area contributed by atoms with Crippen molar-refractivity contribution in [2.75, 3.05) is 26.8 Å². The van der Waals surface area contributed by atoms with Crippen molar-refractivity contribution in [2.45, 2.75) is 13.0 Å². The van der Waals surface area contributed by atoms with Crippen LogP contribution in [0.4, 0.5) is 4.39 Å². The maximum atomic E-state index is 13.8. The first kappa shape index (κ1) is 11.4. The molecule has 0 spiro atoms. The molecule has 0 saturated carbocycles. The zero-order valence-corrected chi connectivity index (χ0v) is 9.55. The Labute approximate surface area is 94.6 Å². The van der Waals surface area contributed by atoms with Crippen LogP contribution in [0.2, 0.25) is 0 Å². The lowest BCUT2D eigenvalue weighted by atomic mass is 10.0. The summed E-state index contributed by atoms with van der Waals surface area (Å²) in [5, 5.41) is 3.22. The molecule has 1 saturated heterocycles. The molecule has 1 aromatic rings. The van der Waals surface area contributed by atoms with Crippen molar-refractivity contribution in [1.82, 2.24) is 5.32 Å². The van der Waals surface area contributed by atoms with Crippen molar-refractivity contribution in [2.24, 2.45) is 0 Å². The van der Waals surface area contributed by atoms with E-state index in [1.165, 1.54) is 7.11 Å². The molecule has 1 N–H and O–H groups in total. The van der Waals surface area contributed by atoms with E-state index in [-0.39, 0.29) is 11.9 Å². The van der Waals surface area contributed by atoms with Crippen LogP contribution in [0.3, 0.4) is 0 Å². The topological polar surface area (TPSA) is 30.5 Å². The van der Waals surface area contributed by atoms with Gasteiger partial charge in [-0.05, 0) is 12.5 Å². The molecule has 0 aliphatic carbocycles. The van der Waals surface area contributed by atoms with Crippen molar-refractivity contribution >= 4 is 0 Å². The normalized spacial score (nSPS) is 20.8. The lowest BCUT2D eigenvalue weighted by Crippen LogP contribution is -2.33. The van der Waals surface area contributed by atoms with Gasteiger partial charge in [-0.2, -0.15) is 0 Å². The molecule has 4 heteroatoms. The fourth-order valence-corrected chi connectivity index (χ4v) is 1.90. The first-order valence-corrected chi connectivity index (χ1v) is 5.39. The first-order valence-electron chi connectivity index (χ1n) is 5.39. The van der Waals surface area contributed by atoms with Crippen molar-refractivity contribution in [3.8, 4) is 5.75 Å². The smallest absolute Gasteiger partial charge is 0.168 e. The highest BCUT2D eigenvalue weighted by Crippen LogP contribution is 2.32. The highest BCUT2D eigenvalue weighted by atomic mass is 19.1. The zero-order valence-electron chi connectivity index (χ0n) is 9.55. The summed E-state index contributed by atoms with van der Waals surface area (Å²) in [4.78, 5) is 0. The minimum atomic E-state index is -0.297. The van der Waals surface area contributed by atoms with Crippen molar-refractivity contribution in [3.63, 3.8) is 0 Å². The molecule has 1 unspecified atom stereocenters. The van der Waals surface area contributed by atoms with Crippen LogP contribution < -0.4 is 10.1 Å². The number of benzene rings is 1. The molecule has 16 heavy (non-hydrogen) atoms. The molecule has 88 valence electrons. The number of hydrogen-bond donors (Lipinski definition) is 1. The van der Waals surface area contributed by atoms with E-state index in [0.29, 0.717) is 24.5 Å². The molecule has 0 bridgehead atoms. The lowest BCUT2D eigenvalue weighted by molar-refractivity contribution is 0.0259. The van der Waals surface area contributed by atoms with Gasteiger partial charge in [0.25, 0.3) is 0 Å². The van der Waals surface area contributed by atoms with Crippen molar-refractivity contribution < 1.29 is 13.9 Å². The van der Waals surface area contributed by atoms with Gasteiger partial charge in [0, 0.05) is 18.7 Å². The predicted molar refractivity (Wildman–Crippen MR) is 59.3 cm³/mol. The van der Waals surface area contributed by atoms with E-state index in [9.17, 15) is 4.39 Å². The maximum absolute atomic E-state index is 13.8. The van der Waals surface area contributed by atoms with Gasteiger partial charge < -0.3 is 14.8 Å². The van der Waals surface area contributed by atoms with Crippen molar-refractivity contribution in [1.29, 1.82) is 0 Å². The molecule has 1 aromatic carbocycles. The summed E-state index contributed by atoms with van der Waals surface area (Å²) >= 11 is 0. The number of halogens is 1. The fraction of sp³-hybridized carbons (Fsp3) is 0.500. The summed E-state index contributed by atoms with van der Waals surface area (Å²) in [5.41, 5.74) is 1.36.